The maximum atomic E-state index is 14.6. The van der Waals surface area contributed by atoms with Gasteiger partial charge in [-0.05, 0) is 48.4 Å². The molecule has 0 amide bonds. The van der Waals surface area contributed by atoms with Gasteiger partial charge in [0.2, 0.25) is 5.78 Å². The van der Waals surface area contributed by atoms with Crippen molar-refractivity contribution in [3.63, 3.8) is 0 Å². The third kappa shape index (κ3) is 11.9. The number of hydrogen-bond acceptors (Lipinski definition) is 27. The zero-order valence-electron chi connectivity index (χ0n) is 39.4. The summed E-state index contributed by atoms with van der Waals surface area (Å²) in [5.74, 6) is -4.09. The van der Waals surface area contributed by atoms with E-state index in [1.165, 1.54) is 61.5 Å². The van der Waals surface area contributed by atoms with Crippen LogP contribution >= 0.6 is 0 Å². The fraction of sp³-hybridized carbons (Fsp3) is 0.542. The topological polar surface area (TPSA) is 430 Å². The number of carbonyl (C=O) groups excluding carboxylic acids is 2. The standard InChI is InChI=1S/C48H58O27/c1-17-30(56)41(73-46-37(63)35(61)31(57)25(14-49)69-46)39(65)45(67-17)66-16-27-33(59)42(74-47-38(64)36(62)32(58)26(15-50)70-47)44(72-28(55)11-4-18-2-7-20(51)8-3-18)48(71-27)75-43-34(60)29-23(54)12-22(53)13-24(29)68-40(43)19-5-9-21(52)10-6-19/h2-13,17,25-27,30-33,35-54,56-59,61-65H,14-16H2,1H3/b11-4+/t17-,25+,26+,27+,30-,31+,32+,33+,35-,36-,37+,38+,39+,40?,41+,42-,43?,44+,45+,46-,47-,48-/m0/s1. The Morgan fingerprint density at radius 1 is 0.573 bits per heavy atom. The Morgan fingerprint density at radius 3 is 1.72 bits per heavy atom. The van der Waals surface area contributed by atoms with E-state index in [2.05, 4.69) is 0 Å². The van der Waals surface area contributed by atoms with E-state index in [0.717, 1.165) is 18.2 Å². The number of aliphatic hydroxyl groups excluding tert-OH is 11. The molecule has 27 heteroatoms. The van der Waals surface area contributed by atoms with Crippen molar-refractivity contribution in [2.75, 3.05) is 19.8 Å². The van der Waals surface area contributed by atoms with Gasteiger partial charge in [-0.1, -0.05) is 24.3 Å². The van der Waals surface area contributed by atoms with Crippen LogP contribution in [0.4, 0.5) is 0 Å². The summed E-state index contributed by atoms with van der Waals surface area (Å²) in [6, 6.07) is 12.6. The zero-order chi connectivity index (χ0) is 54.2. The van der Waals surface area contributed by atoms with Crippen molar-refractivity contribution in [1.82, 2.24) is 0 Å². The molecule has 0 aromatic heterocycles. The molecule has 3 aromatic carbocycles. The number of carbonyl (C=O) groups is 2. The highest BCUT2D eigenvalue weighted by molar-refractivity contribution is 6.05. The van der Waals surface area contributed by atoms with Crippen molar-refractivity contribution in [1.29, 1.82) is 0 Å². The van der Waals surface area contributed by atoms with Crippen LogP contribution in [0.1, 0.15) is 34.5 Å². The molecule has 2 unspecified atom stereocenters. The lowest BCUT2D eigenvalue weighted by Gasteiger charge is -2.48. The van der Waals surface area contributed by atoms with Gasteiger partial charge in [0, 0.05) is 18.2 Å². The third-order valence-corrected chi connectivity index (χ3v) is 13.3. The number of fused-ring (bicyclic) bond motifs is 1. The number of aliphatic hydroxyl groups is 11. The van der Waals surface area contributed by atoms with E-state index in [1.54, 1.807) is 0 Å². The summed E-state index contributed by atoms with van der Waals surface area (Å²) in [5, 5.41) is 160. The van der Waals surface area contributed by atoms with Gasteiger partial charge in [0.15, 0.2) is 43.5 Å². The smallest absolute Gasteiger partial charge is 0.331 e. The summed E-state index contributed by atoms with van der Waals surface area (Å²) in [6.45, 7) is -1.33. The quantitative estimate of drug-likeness (QED) is 0.0506. The molecular weight excluding hydrogens is 1010 g/mol. The van der Waals surface area contributed by atoms with Crippen molar-refractivity contribution < 1.29 is 134 Å². The van der Waals surface area contributed by atoms with Crippen LogP contribution in [0.2, 0.25) is 0 Å². The number of esters is 1. The first-order chi connectivity index (χ1) is 35.7. The second-order valence-electron chi connectivity index (χ2n) is 18.4. The molecule has 0 bridgehead atoms. The maximum Gasteiger partial charge on any atom is 0.331 e. The van der Waals surface area contributed by atoms with Gasteiger partial charge in [-0.3, -0.25) is 4.79 Å². The van der Waals surface area contributed by atoms with E-state index in [0.29, 0.717) is 5.56 Å². The van der Waals surface area contributed by atoms with Crippen molar-refractivity contribution in [2.24, 2.45) is 0 Å². The minimum Gasteiger partial charge on any atom is -0.508 e. The van der Waals surface area contributed by atoms with Crippen LogP contribution in [-0.4, -0.2) is 237 Å². The van der Waals surface area contributed by atoms with Gasteiger partial charge in [-0.25, -0.2) is 4.79 Å². The molecule has 0 aliphatic carbocycles. The minimum absolute atomic E-state index is 0.0905. The summed E-state index contributed by atoms with van der Waals surface area (Å²) in [4.78, 5) is 28.5. The fourth-order valence-corrected chi connectivity index (χ4v) is 9.09. The lowest BCUT2D eigenvalue weighted by molar-refractivity contribution is -0.374. The highest BCUT2D eigenvalue weighted by Crippen LogP contribution is 2.45. The fourth-order valence-electron chi connectivity index (χ4n) is 9.09. The van der Waals surface area contributed by atoms with E-state index < -0.39 is 184 Å². The average molecular weight is 1070 g/mol. The van der Waals surface area contributed by atoms with Crippen molar-refractivity contribution in [3.05, 3.63) is 83.4 Å². The number of benzene rings is 3. The monoisotopic (exact) mass is 1070 g/mol. The molecule has 75 heavy (non-hydrogen) atoms. The molecule has 3 aromatic rings. The van der Waals surface area contributed by atoms with Crippen LogP contribution in [0.3, 0.4) is 0 Å². The highest BCUT2D eigenvalue weighted by Gasteiger charge is 2.56. The summed E-state index contributed by atoms with van der Waals surface area (Å²) in [6.07, 6.45) is -38.8. The summed E-state index contributed by atoms with van der Waals surface area (Å²) in [7, 11) is 0. The molecule has 4 fully saturated rings. The molecule has 0 spiro atoms. The Labute approximate surface area is 424 Å². The number of phenols is 4. The van der Waals surface area contributed by atoms with Crippen molar-refractivity contribution in [3.8, 4) is 28.7 Å². The van der Waals surface area contributed by atoms with Crippen LogP contribution < -0.4 is 4.74 Å². The Kier molecular flexibility index (Phi) is 17.6. The van der Waals surface area contributed by atoms with E-state index >= 15 is 0 Å². The van der Waals surface area contributed by atoms with Gasteiger partial charge in [0.05, 0.1) is 25.9 Å². The first kappa shape index (κ1) is 56.0. The summed E-state index contributed by atoms with van der Waals surface area (Å²) in [5.41, 5.74) is 0.0307. The molecule has 5 aliphatic rings. The van der Waals surface area contributed by atoms with Crippen LogP contribution in [0.15, 0.2) is 66.7 Å². The van der Waals surface area contributed by atoms with E-state index in [9.17, 15) is 86.2 Å². The Hall–Kier alpha value is -5.22. The number of aromatic hydroxyl groups is 4. The Bertz CT molecular complexity index is 2440. The number of rotatable bonds is 15. The maximum absolute atomic E-state index is 14.6. The van der Waals surface area contributed by atoms with Crippen LogP contribution in [0.25, 0.3) is 6.08 Å². The third-order valence-electron chi connectivity index (χ3n) is 13.3. The van der Waals surface area contributed by atoms with E-state index in [4.69, 9.17) is 47.4 Å². The second-order valence-corrected chi connectivity index (χ2v) is 18.4. The second kappa shape index (κ2) is 23.6. The molecule has 4 saturated heterocycles. The normalized spacial score (nSPS) is 39.2. The van der Waals surface area contributed by atoms with Crippen molar-refractivity contribution >= 4 is 17.8 Å². The van der Waals surface area contributed by atoms with Crippen LogP contribution in [0.5, 0.6) is 28.7 Å². The molecule has 27 nitrogen and oxygen atoms in total. The Balaban J connectivity index is 1.15. The molecule has 8 rings (SSSR count). The Morgan fingerprint density at radius 2 is 1.13 bits per heavy atom. The predicted octanol–water partition coefficient (Wildman–Crippen LogP) is -4.22. The number of phenolic OH excluding ortho intramolecular Hbond substituents is 4. The van der Waals surface area contributed by atoms with Gasteiger partial charge in [-0.15, -0.1) is 0 Å². The van der Waals surface area contributed by atoms with Gasteiger partial charge >= 0.3 is 5.97 Å². The zero-order valence-corrected chi connectivity index (χ0v) is 39.4. The molecule has 15 N–H and O–H groups in total. The lowest BCUT2D eigenvalue weighted by Crippen LogP contribution is -2.66. The first-order valence-corrected chi connectivity index (χ1v) is 23.5. The number of hydrogen-bond donors (Lipinski definition) is 15. The van der Waals surface area contributed by atoms with Gasteiger partial charge in [0.1, 0.15) is 120 Å². The van der Waals surface area contributed by atoms with Gasteiger partial charge in [0.25, 0.3) is 0 Å². The number of ether oxygens (including phenoxy) is 10. The largest absolute Gasteiger partial charge is 0.508 e. The average Bonchev–Trinajstić information content (AvgIpc) is 3.38. The van der Waals surface area contributed by atoms with E-state index in [-0.39, 0.29) is 22.8 Å². The van der Waals surface area contributed by atoms with Crippen molar-refractivity contribution in [2.45, 2.75) is 142 Å². The highest BCUT2D eigenvalue weighted by atomic mass is 16.8. The number of Topliss-reactive ketones (excluding diaryl/α,β-unsaturated/α-hetero) is 1. The van der Waals surface area contributed by atoms with Gasteiger partial charge < -0.3 is 124 Å². The molecule has 0 saturated carbocycles. The lowest BCUT2D eigenvalue weighted by atomic mass is 9.92. The van der Waals surface area contributed by atoms with Crippen LogP contribution in [-0.2, 0) is 47.4 Å². The summed E-state index contributed by atoms with van der Waals surface area (Å²) < 4.78 is 59.1. The summed E-state index contributed by atoms with van der Waals surface area (Å²) >= 11 is 0. The number of ketones is 1. The molecule has 5 heterocycles. The first-order valence-electron chi connectivity index (χ1n) is 23.5. The van der Waals surface area contributed by atoms with Gasteiger partial charge in [-0.2, -0.15) is 0 Å². The predicted molar refractivity (Wildman–Crippen MR) is 242 cm³/mol. The van der Waals surface area contributed by atoms with E-state index in [1.807, 2.05) is 0 Å². The molecule has 5 aliphatic heterocycles. The molecule has 0 radical (unpaired) electrons. The molecular formula is C48H58O27. The minimum atomic E-state index is -2.15. The van der Waals surface area contributed by atoms with Crippen LogP contribution in [0, 0.1) is 0 Å². The molecule has 22 atom stereocenters. The SMILES string of the molecule is C[C@@H]1O[C@@H](OC[C@H]2O[C@@H](OC3C(=O)c4c(O)cc(O)cc4OC3c3ccc(O)cc3)[C@H](OC(=O)/C=C/c3ccc(O)cc3)[C@@H](O[C@@H]3O[C@H](CO)[C@@H](O)[C@H](O)[C@H]3O)[C@@H]2O)[C@H](O)[C@H](O[C@@H]2O[C@H](CO)[C@@H](O)[C@H](O)[C@H]2O)[C@H]1O. The molecule has 412 valence electrons.